The summed E-state index contributed by atoms with van der Waals surface area (Å²) in [6.45, 7) is 5.79. The minimum Gasteiger partial charge on any atom is -0.361 e. The molecule has 0 amide bonds. The van der Waals surface area contributed by atoms with Gasteiger partial charge in [0.05, 0.1) is 22.3 Å². The molecule has 2 aromatic rings. The second-order valence-electron chi connectivity index (χ2n) is 6.50. The third kappa shape index (κ3) is 2.55. The van der Waals surface area contributed by atoms with Crippen molar-refractivity contribution in [1.82, 2.24) is 9.88 Å². The average Bonchev–Trinajstić information content (AvgIpc) is 3.21. The Hall–Kier alpha value is -2.06. The number of fused-ring (bicyclic) bond motifs is 1. The van der Waals surface area contributed by atoms with Crippen LogP contribution in [0, 0.1) is 20.8 Å². The van der Waals surface area contributed by atoms with Gasteiger partial charge < -0.3 is 15.2 Å². The van der Waals surface area contributed by atoms with E-state index >= 15 is 0 Å². The number of hydrogen-bond donors (Lipinski definition) is 3. The van der Waals surface area contributed by atoms with Crippen molar-refractivity contribution in [2.45, 2.75) is 45.2 Å². The van der Waals surface area contributed by atoms with Crippen molar-refractivity contribution in [3.63, 3.8) is 0 Å². The van der Waals surface area contributed by atoms with E-state index in [0.717, 1.165) is 52.4 Å². The highest BCUT2D eigenvalue weighted by Gasteiger charge is 2.38. The first-order chi connectivity index (χ1) is 11.3. The van der Waals surface area contributed by atoms with Crippen molar-refractivity contribution in [3.05, 3.63) is 29.2 Å². The van der Waals surface area contributed by atoms with Gasteiger partial charge in [0.25, 0.3) is 0 Å². The van der Waals surface area contributed by atoms with Gasteiger partial charge in [0.2, 0.25) is 10.0 Å². The van der Waals surface area contributed by atoms with Crippen LogP contribution in [0.5, 0.6) is 0 Å². The zero-order valence-electron chi connectivity index (χ0n) is 13.8. The fourth-order valence-corrected chi connectivity index (χ4v) is 4.56. The van der Waals surface area contributed by atoms with E-state index in [9.17, 15) is 8.42 Å². The number of nitrogens with zero attached hydrogens (tertiary/aromatic N) is 1. The topological polar surface area (TPSA) is 96.3 Å². The predicted molar refractivity (Wildman–Crippen MR) is 92.3 cm³/mol. The monoisotopic (exact) mass is 348 g/mol. The molecule has 128 valence electrons. The first kappa shape index (κ1) is 15.5. The first-order valence-electron chi connectivity index (χ1n) is 7.97. The first-order valence-corrected chi connectivity index (χ1v) is 9.52. The summed E-state index contributed by atoms with van der Waals surface area (Å²) in [7, 11) is -3.27. The van der Waals surface area contributed by atoms with Crippen molar-refractivity contribution < 1.29 is 12.9 Å². The standard InChI is InChI=1S/C16H20N4O3S/c1-8-6-11(14-9(2)19-23-10(14)3)7-13-15(8)18-16(17-13)20-24(21,22)12-4-5-12/h6-7,12,16-18,20H,4-5H2,1-3H3. The van der Waals surface area contributed by atoms with Crippen LogP contribution >= 0.6 is 0 Å². The van der Waals surface area contributed by atoms with Gasteiger partial charge in [-0.15, -0.1) is 0 Å². The van der Waals surface area contributed by atoms with E-state index in [-0.39, 0.29) is 5.25 Å². The summed E-state index contributed by atoms with van der Waals surface area (Å²) in [5, 5.41) is 10.2. The van der Waals surface area contributed by atoms with Crippen molar-refractivity contribution in [2.24, 2.45) is 0 Å². The molecule has 24 heavy (non-hydrogen) atoms. The number of anilines is 2. The summed E-state index contributed by atoms with van der Waals surface area (Å²) in [6.07, 6.45) is 0.957. The van der Waals surface area contributed by atoms with E-state index in [1.807, 2.05) is 26.8 Å². The molecule has 7 nitrogen and oxygen atoms in total. The third-order valence-electron chi connectivity index (χ3n) is 4.49. The van der Waals surface area contributed by atoms with E-state index in [2.05, 4.69) is 26.6 Å². The van der Waals surface area contributed by atoms with Gasteiger partial charge in [-0.1, -0.05) is 5.16 Å². The largest absolute Gasteiger partial charge is 0.361 e. The van der Waals surface area contributed by atoms with Crippen LogP contribution in [0.1, 0.15) is 29.9 Å². The van der Waals surface area contributed by atoms with Gasteiger partial charge >= 0.3 is 0 Å². The zero-order valence-corrected chi connectivity index (χ0v) is 14.6. The number of aryl methyl sites for hydroxylation is 3. The van der Waals surface area contributed by atoms with Crippen molar-refractivity contribution >= 4 is 21.4 Å². The normalized spacial score (nSPS) is 19.7. The molecular formula is C16H20N4O3S. The molecule has 1 saturated carbocycles. The van der Waals surface area contributed by atoms with Gasteiger partial charge in [0.15, 0.2) is 6.29 Å². The fourth-order valence-electron chi connectivity index (χ4n) is 3.17. The SMILES string of the molecule is Cc1cc(-c2c(C)noc2C)cc2c1NC(NS(=O)(=O)C1CC1)N2. The molecular weight excluding hydrogens is 328 g/mol. The van der Waals surface area contributed by atoms with Crippen LogP contribution in [-0.2, 0) is 10.0 Å². The Morgan fingerprint density at radius 2 is 1.96 bits per heavy atom. The molecule has 8 heteroatoms. The van der Waals surface area contributed by atoms with E-state index < -0.39 is 16.3 Å². The maximum Gasteiger partial charge on any atom is 0.217 e. The molecule has 4 rings (SSSR count). The Morgan fingerprint density at radius 3 is 2.58 bits per heavy atom. The molecule has 1 fully saturated rings. The lowest BCUT2D eigenvalue weighted by atomic mass is 10.00. The van der Waals surface area contributed by atoms with Crippen molar-refractivity contribution in [1.29, 1.82) is 0 Å². The highest BCUT2D eigenvalue weighted by atomic mass is 32.2. The molecule has 2 aliphatic rings. The average molecular weight is 348 g/mol. The maximum atomic E-state index is 12.1. The van der Waals surface area contributed by atoms with Gasteiger partial charge in [-0.2, -0.15) is 4.72 Å². The van der Waals surface area contributed by atoms with Crippen molar-refractivity contribution in [2.75, 3.05) is 10.6 Å². The van der Waals surface area contributed by atoms with Crippen LogP contribution in [0.3, 0.4) is 0 Å². The molecule has 0 saturated heterocycles. The molecule has 1 aliphatic carbocycles. The zero-order chi connectivity index (χ0) is 17.1. The van der Waals surface area contributed by atoms with Gasteiger partial charge in [-0.25, -0.2) is 8.42 Å². The maximum absolute atomic E-state index is 12.1. The Kier molecular flexibility index (Phi) is 3.36. The summed E-state index contributed by atoms with van der Waals surface area (Å²) in [5.41, 5.74) is 5.63. The van der Waals surface area contributed by atoms with Crippen LogP contribution in [0.15, 0.2) is 16.7 Å². The molecule has 0 radical (unpaired) electrons. The molecule has 1 aromatic heterocycles. The van der Waals surface area contributed by atoms with E-state index in [1.54, 1.807) is 0 Å². The molecule has 1 unspecified atom stereocenters. The number of hydrogen-bond acceptors (Lipinski definition) is 6. The van der Waals surface area contributed by atoms with Crippen LogP contribution in [0.25, 0.3) is 11.1 Å². The molecule has 0 bridgehead atoms. The summed E-state index contributed by atoms with van der Waals surface area (Å²) >= 11 is 0. The Bertz CT molecular complexity index is 896. The summed E-state index contributed by atoms with van der Waals surface area (Å²) < 4.78 is 32.2. The Balaban J connectivity index is 1.63. The van der Waals surface area contributed by atoms with Crippen molar-refractivity contribution in [3.8, 4) is 11.1 Å². The number of rotatable bonds is 4. The highest BCUT2D eigenvalue weighted by Crippen LogP contribution is 2.38. The predicted octanol–water partition coefficient (Wildman–Crippen LogP) is 2.47. The summed E-state index contributed by atoms with van der Waals surface area (Å²) in [6, 6.07) is 4.05. The second kappa shape index (κ2) is 5.22. The number of nitrogens with one attached hydrogen (secondary N) is 3. The quantitative estimate of drug-likeness (QED) is 0.785. The van der Waals surface area contributed by atoms with Crippen LogP contribution < -0.4 is 15.4 Å². The molecule has 0 spiro atoms. The van der Waals surface area contributed by atoms with Crippen LogP contribution in [0.2, 0.25) is 0 Å². The van der Waals surface area contributed by atoms with Crippen LogP contribution in [0.4, 0.5) is 11.4 Å². The van der Waals surface area contributed by atoms with E-state index in [1.165, 1.54) is 0 Å². The fraction of sp³-hybridized carbons (Fsp3) is 0.438. The van der Waals surface area contributed by atoms with Gasteiger partial charge in [-0.3, -0.25) is 0 Å². The number of sulfonamides is 1. The third-order valence-corrected chi connectivity index (χ3v) is 6.40. The smallest absolute Gasteiger partial charge is 0.217 e. The molecule has 1 aromatic carbocycles. The van der Waals surface area contributed by atoms with E-state index in [0.29, 0.717) is 0 Å². The summed E-state index contributed by atoms with van der Waals surface area (Å²) in [4.78, 5) is 0. The lowest BCUT2D eigenvalue weighted by Gasteiger charge is -2.14. The lowest BCUT2D eigenvalue weighted by Crippen LogP contribution is -2.44. The lowest BCUT2D eigenvalue weighted by molar-refractivity contribution is 0.393. The Labute approximate surface area is 140 Å². The molecule has 3 N–H and O–H groups in total. The van der Waals surface area contributed by atoms with Gasteiger partial charge in [-0.05, 0) is 56.9 Å². The number of benzene rings is 1. The van der Waals surface area contributed by atoms with Gasteiger partial charge in [0, 0.05) is 5.56 Å². The van der Waals surface area contributed by atoms with Gasteiger partial charge in [0.1, 0.15) is 5.76 Å². The minimum absolute atomic E-state index is 0.247. The van der Waals surface area contributed by atoms with Crippen LogP contribution in [-0.4, -0.2) is 25.1 Å². The Morgan fingerprint density at radius 1 is 1.21 bits per heavy atom. The minimum atomic E-state index is -3.27. The second-order valence-corrected chi connectivity index (χ2v) is 8.49. The molecule has 1 aliphatic heterocycles. The molecule has 2 heterocycles. The molecule has 1 atom stereocenters. The van der Waals surface area contributed by atoms with E-state index in [4.69, 9.17) is 4.52 Å². The number of aromatic nitrogens is 1. The highest BCUT2D eigenvalue weighted by molar-refractivity contribution is 7.90. The summed E-state index contributed by atoms with van der Waals surface area (Å²) in [5.74, 6) is 0.767.